The first-order valence-corrected chi connectivity index (χ1v) is 9.87. The predicted octanol–water partition coefficient (Wildman–Crippen LogP) is 3.15. The number of rotatable bonds is 4. The van der Waals surface area contributed by atoms with Crippen LogP contribution in [0.2, 0.25) is 10.0 Å². The van der Waals surface area contributed by atoms with E-state index in [4.69, 9.17) is 23.2 Å². The zero-order chi connectivity index (χ0) is 19.8. The third-order valence-corrected chi connectivity index (χ3v) is 6.78. The summed E-state index contributed by atoms with van der Waals surface area (Å²) in [7, 11) is 1.45. The number of benzene rings is 1. The van der Waals surface area contributed by atoms with E-state index >= 15 is 0 Å². The maximum Gasteiger partial charge on any atom is 0.407 e. The molecule has 148 valence electrons. The van der Waals surface area contributed by atoms with Gasteiger partial charge in [0.05, 0.1) is 16.1 Å². The molecule has 1 saturated heterocycles. The first-order chi connectivity index (χ1) is 12.8. The Morgan fingerprint density at radius 3 is 2.44 bits per heavy atom. The second kappa shape index (κ2) is 7.95. The molecule has 1 aromatic carbocycles. The molecule has 6 nitrogen and oxygen atoms in total. The standard InChI is InChI=1S/C19H24Cl2N2O4/c1-23(18(26)27)19(17(25)11-2-5-13(24)6-3-11)10-22-9-14(19)12-4-7-15(20)16(21)8-12/h4,7-8,11,13-14,22,24H,2-3,5-6,9-10H2,1H3,(H,26,27)/t11?,13?,14-,19+/m1/s1. The van der Waals surface area contributed by atoms with Gasteiger partial charge < -0.3 is 15.5 Å². The Kier molecular flexibility index (Phi) is 6.01. The van der Waals surface area contributed by atoms with Crippen LogP contribution in [-0.4, -0.2) is 58.8 Å². The topological polar surface area (TPSA) is 89.9 Å². The smallest absolute Gasteiger partial charge is 0.407 e. The molecule has 3 rings (SSSR count). The Morgan fingerprint density at radius 1 is 1.19 bits per heavy atom. The number of hydrogen-bond donors (Lipinski definition) is 3. The Labute approximate surface area is 168 Å². The van der Waals surface area contributed by atoms with Crippen LogP contribution in [0.1, 0.15) is 37.2 Å². The number of nitrogens with zero attached hydrogens (tertiary/aromatic N) is 1. The van der Waals surface area contributed by atoms with E-state index in [1.807, 2.05) is 0 Å². The minimum atomic E-state index is -1.21. The van der Waals surface area contributed by atoms with Gasteiger partial charge in [0.15, 0.2) is 5.78 Å². The fourth-order valence-electron chi connectivity index (χ4n) is 4.46. The van der Waals surface area contributed by atoms with Gasteiger partial charge in [-0.15, -0.1) is 0 Å². The third kappa shape index (κ3) is 3.68. The lowest BCUT2D eigenvalue weighted by molar-refractivity contribution is -0.135. The van der Waals surface area contributed by atoms with E-state index in [0.717, 1.165) is 10.5 Å². The van der Waals surface area contributed by atoms with Gasteiger partial charge in [-0.2, -0.15) is 0 Å². The number of halogens is 2. The highest BCUT2D eigenvalue weighted by Crippen LogP contribution is 2.42. The average molecular weight is 415 g/mol. The normalized spacial score (nSPS) is 30.9. The maximum absolute atomic E-state index is 13.6. The van der Waals surface area contributed by atoms with Gasteiger partial charge in [0, 0.05) is 32.0 Å². The van der Waals surface area contributed by atoms with E-state index in [-0.39, 0.29) is 30.3 Å². The number of carbonyl (C=O) groups is 2. The zero-order valence-corrected chi connectivity index (χ0v) is 16.6. The molecule has 0 spiro atoms. The van der Waals surface area contributed by atoms with Crippen molar-refractivity contribution in [2.75, 3.05) is 20.1 Å². The van der Waals surface area contributed by atoms with E-state index in [9.17, 15) is 19.8 Å². The van der Waals surface area contributed by atoms with E-state index in [1.54, 1.807) is 18.2 Å². The highest BCUT2D eigenvalue weighted by atomic mass is 35.5. The number of Topliss-reactive ketones (excluding diaryl/α,β-unsaturated/α-hetero) is 1. The van der Waals surface area contributed by atoms with Crippen LogP contribution in [-0.2, 0) is 4.79 Å². The molecule has 1 saturated carbocycles. The lowest BCUT2D eigenvalue weighted by Gasteiger charge is -2.43. The molecular weight excluding hydrogens is 391 g/mol. The van der Waals surface area contributed by atoms with Crippen molar-refractivity contribution in [3.8, 4) is 0 Å². The van der Waals surface area contributed by atoms with Crippen LogP contribution in [0.25, 0.3) is 0 Å². The number of carboxylic acid groups (broad SMARTS) is 1. The lowest BCUT2D eigenvalue weighted by atomic mass is 9.70. The van der Waals surface area contributed by atoms with Gasteiger partial charge in [0.2, 0.25) is 0 Å². The highest BCUT2D eigenvalue weighted by molar-refractivity contribution is 6.42. The van der Waals surface area contributed by atoms with Gasteiger partial charge in [-0.3, -0.25) is 9.69 Å². The van der Waals surface area contributed by atoms with E-state index < -0.39 is 11.6 Å². The summed E-state index contributed by atoms with van der Waals surface area (Å²) in [4.78, 5) is 26.7. The van der Waals surface area contributed by atoms with Crippen LogP contribution < -0.4 is 5.32 Å². The number of ketones is 1. The van der Waals surface area contributed by atoms with Crippen molar-refractivity contribution in [2.45, 2.75) is 43.2 Å². The molecule has 3 N–H and O–H groups in total. The number of aliphatic hydroxyl groups excluding tert-OH is 1. The number of carbonyl (C=O) groups excluding carboxylic acids is 1. The van der Waals surface area contributed by atoms with Gasteiger partial charge in [0.25, 0.3) is 0 Å². The van der Waals surface area contributed by atoms with E-state index in [1.165, 1.54) is 7.05 Å². The van der Waals surface area contributed by atoms with Crippen molar-refractivity contribution in [1.29, 1.82) is 0 Å². The van der Waals surface area contributed by atoms with Crippen LogP contribution in [0.3, 0.4) is 0 Å². The SMILES string of the molecule is CN(C(=O)O)[C@@]1(C(=O)C2CCC(O)CC2)CNC[C@@H]1c1ccc(Cl)c(Cl)c1. The molecule has 8 heteroatoms. The summed E-state index contributed by atoms with van der Waals surface area (Å²) in [6.07, 6.45) is 0.747. The quantitative estimate of drug-likeness (QED) is 0.703. The van der Waals surface area contributed by atoms with Gasteiger partial charge in [-0.1, -0.05) is 29.3 Å². The van der Waals surface area contributed by atoms with Gasteiger partial charge in [-0.05, 0) is 43.4 Å². The fourth-order valence-corrected chi connectivity index (χ4v) is 4.77. The lowest BCUT2D eigenvalue weighted by Crippen LogP contribution is -2.61. The molecule has 2 fully saturated rings. The molecule has 2 aliphatic rings. The van der Waals surface area contributed by atoms with Gasteiger partial charge in [-0.25, -0.2) is 4.79 Å². The molecule has 1 aromatic rings. The summed E-state index contributed by atoms with van der Waals surface area (Å²) in [5.41, 5.74) is -0.428. The molecule has 1 amide bonds. The molecule has 1 aliphatic heterocycles. The van der Waals surface area contributed by atoms with Crippen LogP contribution in [0, 0.1) is 5.92 Å². The van der Waals surface area contributed by atoms with Crippen molar-refractivity contribution >= 4 is 35.1 Å². The molecule has 0 radical (unpaired) electrons. The summed E-state index contributed by atoms with van der Waals surface area (Å²) in [5, 5.41) is 23.5. The molecule has 2 atom stereocenters. The molecule has 0 bridgehead atoms. The van der Waals surface area contributed by atoms with Gasteiger partial charge >= 0.3 is 6.09 Å². The molecule has 27 heavy (non-hydrogen) atoms. The van der Waals surface area contributed by atoms with Crippen molar-refractivity contribution in [3.05, 3.63) is 33.8 Å². The fraction of sp³-hybridized carbons (Fsp3) is 0.579. The minimum absolute atomic E-state index is 0.0830. The number of amides is 1. The van der Waals surface area contributed by atoms with Crippen LogP contribution in [0.4, 0.5) is 4.79 Å². The van der Waals surface area contributed by atoms with Crippen molar-refractivity contribution in [3.63, 3.8) is 0 Å². The van der Waals surface area contributed by atoms with Crippen molar-refractivity contribution in [1.82, 2.24) is 10.2 Å². The van der Waals surface area contributed by atoms with Crippen molar-refractivity contribution < 1.29 is 19.8 Å². The largest absolute Gasteiger partial charge is 0.465 e. The molecule has 1 aliphatic carbocycles. The first kappa shape index (κ1) is 20.4. The Morgan fingerprint density at radius 2 is 1.85 bits per heavy atom. The van der Waals surface area contributed by atoms with Gasteiger partial charge in [0.1, 0.15) is 5.54 Å². The monoisotopic (exact) mass is 414 g/mol. The number of likely N-dealkylation sites (N-methyl/N-ethyl adjacent to an activating group) is 1. The minimum Gasteiger partial charge on any atom is -0.465 e. The zero-order valence-electron chi connectivity index (χ0n) is 15.1. The third-order valence-electron chi connectivity index (χ3n) is 6.05. The van der Waals surface area contributed by atoms with E-state index in [0.29, 0.717) is 42.3 Å². The molecule has 1 heterocycles. The number of aliphatic hydroxyl groups is 1. The van der Waals surface area contributed by atoms with E-state index in [2.05, 4.69) is 5.32 Å². The first-order valence-electron chi connectivity index (χ1n) is 9.12. The maximum atomic E-state index is 13.6. The van der Waals surface area contributed by atoms with Crippen LogP contribution in [0.5, 0.6) is 0 Å². The summed E-state index contributed by atoms with van der Waals surface area (Å²) in [6.45, 7) is 0.718. The van der Waals surface area contributed by atoms with Crippen LogP contribution >= 0.6 is 23.2 Å². The Balaban J connectivity index is 2.02. The molecular formula is C19H24Cl2N2O4. The van der Waals surface area contributed by atoms with Crippen molar-refractivity contribution in [2.24, 2.45) is 5.92 Å². The number of hydrogen-bond acceptors (Lipinski definition) is 4. The predicted molar refractivity (Wildman–Crippen MR) is 104 cm³/mol. The Bertz CT molecular complexity index is 736. The molecule has 0 aromatic heterocycles. The highest BCUT2D eigenvalue weighted by Gasteiger charge is 2.56. The Hall–Kier alpha value is -1.34. The summed E-state index contributed by atoms with van der Waals surface area (Å²) in [5.74, 6) is -0.714. The molecule has 0 unspecified atom stereocenters. The summed E-state index contributed by atoms with van der Waals surface area (Å²) in [6, 6.07) is 5.18. The second-order valence-electron chi connectivity index (χ2n) is 7.49. The average Bonchev–Trinajstić information content (AvgIpc) is 3.09. The van der Waals surface area contributed by atoms with Crippen LogP contribution in [0.15, 0.2) is 18.2 Å². The summed E-state index contributed by atoms with van der Waals surface area (Å²) >= 11 is 12.2. The summed E-state index contributed by atoms with van der Waals surface area (Å²) < 4.78 is 0. The second-order valence-corrected chi connectivity index (χ2v) is 8.31. The number of nitrogens with one attached hydrogen (secondary N) is 1.